The lowest BCUT2D eigenvalue weighted by atomic mass is 9.99. The second-order valence-corrected chi connectivity index (χ2v) is 14.8. The van der Waals surface area contributed by atoms with Gasteiger partial charge in [0.25, 0.3) is 5.91 Å². The van der Waals surface area contributed by atoms with Gasteiger partial charge in [-0.1, -0.05) is 29.8 Å². The van der Waals surface area contributed by atoms with E-state index in [9.17, 15) is 37.5 Å². The Morgan fingerprint density at radius 2 is 1.56 bits per heavy atom. The van der Waals surface area contributed by atoms with Gasteiger partial charge >= 0.3 is 24.3 Å². The Morgan fingerprint density at radius 1 is 0.907 bits per heavy atom. The first kappa shape index (κ1) is 39.4. The summed E-state index contributed by atoms with van der Waals surface area (Å²) in [5.41, 5.74) is 0.434. The number of piperidine rings is 2. The van der Waals surface area contributed by atoms with E-state index in [-0.39, 0.29) is 43.2 Å². The maximum absolute atomic E-state index is 14.0. The monoisotopic (exact) mass is 778 g/mol. The number of ether oxygens (including phenoxy) is 1. The third-order valence-corrected chi connectivity index (χ3v) is 11.3. The van der Waals surface area contributed by atoms with Gasteiger partial charge in [-0.15, -0.1) is 0 Å². The van der Waals surface area contributed by atoms with E-state index in [1.807, 2.05) is 24.3 Å². The van der Waals surface area contributed by atoms with Crippen LogP contribution < -0.4 is 5.32 Å². The van der Waals surface area contributed by atoms with Crippen LogP contribution in [0, 0.1) is 0 Å². The van der Waals surface area contributed by atoms with Crippen LogP contribution in [0.1, 0.15) is 48.8 Å². The molecule has 4 aliphatic heterocycles. The van der Waals surface area contributed by atoms with Gasteiger partial charge in [0.05, 0.1) is 17.0 Å². The maximum Gasteiger partial charge on any atom is 0.420 e. The van der Waals surface area contributed by atoms with Crippen LogP contribution in [-0.2, 0) is 33.3 Å². The SMILES string of the molecule is O=C(O)CCN1CCN(C2CCN(C(=O)[C@@H](Cc3cc(Cl)c(O)c(C(F)(F)F)c3)OC(=O)N3CCC(N4CCc5ccccc5NC4=O)CC3)CC2)CC1. The molecule has 0 spiro atoms. The zero-order valence-electron chi connectivity index (χ0n) is 29.9. The topological polar surface area (TPSA) is 146 Å². The number of phenolic OH excluding ortho intramolecular Hbond substituents is 1. The van der Waals surface area contributed by atoms with Crippen molar-refractivity contribution in [1.29, 1.82) is 0 Å². The van der Waals surface area contributed by atoms with E-state index in [0.717, 1.165) is 43.5 Å². The summed E-state index contributed by atoms with van der Waals surface area (Å²) in [5.74, 6) is -2.49. The first-order valence-electron chi connectivity index (χ1n) is 18.4. The molecule has 13 nitrogen and oxygen atoms in total. The molecule has 17 heteroatoms. The molecule has 0 aliphatic carbocycles. The average molecular weight is 779 g/mol. The quantitative estimate of drug-likeness (QED) is 0.329. The molecule has 1 atom stereocenters. The first-order valence-corrected chi connectivity index (χ1v) is 18.8. The van der Waals surface area contributed by atoms with Crippen LogP contribution in [0.3, 0.4) is 0 Å². The predicted molar refractivity (Wildman–Crippen MR) is 192 cm³/mol. The van der Waals surface area contributed by atoms with E-state index < -0.39 is 53.0 Å². The standard InChI is InChI=1S/C37H46ClF3N6O7/c38-29-22-24(21-28(33(29)50)37(39,40)41)23-31(34(51)45-12-6-26(7-13-45)44-19-17-43(18-20-44)11-10-32(48)49)54-36(53)46-14-8-27(9-15-46)47-16-5-25-3-1-2-4-30(25)42-35(47)52/h1-4,21-22,26-27,31,50H,5-20,23H2,(H,42,52)(H,48,49)/t31-/m1/s1. The first-order chi connectivity index (χ1) is 25.8. The number of piperazine rings is 1. The number of amides is 4. The molecule has 294 valence electrons. The third kappa shape index (κ3) is 9.50. The van der Waals surface area contributed by atoms with Gasteiger partial charge in [-0.25, -0.2) is 9.59 Å². The van der Waals surface area contributed by atoms with Crippen LogP contribution in [0.2, 0.25) is 5.02 Å². The number of hydrogen-bond acceptors (Lipinski definition) is 8. The van der Waals surface area contributed by atoms with Gasteiger partial charge in [0.15, 0.2) is 6.10 Å². The Morgan fingerprint density at radius 3 is 2.22 bits per heavy atom. The number of carboxylic acids is 1. The summed E-state index contributed by atoms with van der Waals surface area (Å²) in [5, 5.41) is 21.5. The van der Waals surface area contributed by atoms with Crippen LogP contribution in [-0.4, -0.2) is 142 Å². The maximum atomic E-state index is 14.0. The number of para-hydroxylation sites is 1. The lowest BCUT2D eigenvalue weighted by Gasteiger charge is -2.43. The minimum absolute atomic E-state index is 0.0289. The number of hydrogen-bond donors (Lipinski definition) is 3. The number of carboxylic acid groups (broad SMARTS) is 1. The van der Waals surface area contributed by atoms with Crippen LogP contribution in [0.25, 0.3) is 0 Å². The number of carbonyl (C=O) groups is 4. The molecular weight excluding hydrogens is 733 g/mol. The number of fused-ring (bicyclic) bond motifs is 1. The highest BCUT2D eigenvalue weighted by molar-refractivity contribution is 6.32. The number of nitrogens with one attached hydrogen (secondary N) is 1. The number of carbonyl (C=O) groups excluding carboxylic acids is 3. The average Bonchev–Trinajstić information content (AvgIpc) is 3.32. The second-order valence-electron chi connectivity index (χ2n) is 14.4. The van der Waals surface area contributed by atoms with Crippen molar-refractivity contribution < 1.29 is 47.3 Å². The Balaban J connectivity index is 1.09. The zero-order valence-corrected chi connectivity index (χ0v) is 30.7. The molecule has 6 rings (SSSR count). The van der Waals surface area contributed by atoms with Gasteiger partial charge in [0.2, 0.25) is 0 Å². The predicted octanol–water partition coefficient (Wildman–Crippen LogP) is 4.75. The fourth-order valence-electron chi connectivity index (χ4n) is 7.94. The number of aliphatic carboxylic acids is 1. The number of aromatic hydroxyl groups is 1. The molecule has 54 heavy (non-hydrogen) atoms. The summed E-state index contributed by atoms with van der Waals surface area (Å²) in [7, 11) is 0. The van der Waals surface area contributed by atoms with E-state index in [1.165, 1.54) is 4.90 Å². The molecular formula is C37H46ClF3N6O7. The van der Waals surface area contributed by atoms with Gasteiger partial charge in [0.1, 0.15) is 5.75 Å². The van der Waals surface area contributed by atoms with Crippen LogP contribution in [0.15, 0.2) is 36.4 Å². The Hall–Kier alpha value is -4.28. The number of anilines is 1. The summed E-state index contributed by atoms with van der Waals surface area (Å²) in [6, 6.07) is 9.34. The molecule has 0 aromatic heterocycles. The largest absolute Gasteiger partial charge is 0.506 e. The second kappa shape index (κ2) is 17.0. The summed E-state index contributed by atoms with van der Waals surface area (Å²) >= 11 is 5.99. The molecule has 4 amide bonds. The van der Waals surface area contributed by atoms with Crippen LogP contribution in [0.5, 0.6) is 5.75 Å². The fourth-order valence-corrected chi connectivity index (χ4v) is 8.18. The van der Waals surface area contributed by atoms with E-state index in [4.69, 9.17) is 21.4 Å². The number of halogens is 4. The highest BCUT2D eigenvalue weighted by atomic mass is 35.5. The fraction of sp³-hybridized carbons (Fsp3) is 0.568. The number of alkyl halides is 3. The Bertz CT molecular complexity index is 1690. The van der Waals surface area contributed by atoms with Gasteiger partial charge < -0.3 is 39.9 Å². The molecule has 2 aromatic carbocycles. The molecule has 0 bridgehead atoms. The molecule has 0 saturated carbocycles. The van der Waals surface area contributed by atoms with Crippen molar-refractivity contribution in [2.45, 2.75) is 69.3 Å². The third-order valence-electron chi connectivity index (χ3n) is 11.0. The summed E-state index contributed by atoms with van der Waals surface area (Å²) in [6.45, 7) is 5.26. The Kier molecular flexibility index (Phi) is 12.4. The van der Waals surface area contributed by atoms with Gasteiger partial charge in [0, 0.05) is 89.6 Å². The van der Waals surface area contributed by atoms with E-state index in [2.05, 4.69) is 15.1 Å². The Labute approximate surface area is 316 Å². The van der Waals surface area contributed by atoms with Gasteiger partial charge in [-0.05, 0) is 61.4 Å². The molecule has 3 saturated heterocycles. The minimum Gasteiger partial charge on any atom is -0.506 e. The van der Waals surface area contributed by atoms with Crippen molar-refractivity contribution in [3.05, 3.63) is 58.1 Å². The number of urea groups is 1. The zero-order chi connectivity index (χ0) is 38.6. The minimum atomic E-state index is -4.92. The molecule has 3 N–H and O–H groups in total. The van der Waals surface area contributed by atoms with E-state index in [0.29, 0.717) is 64.3 Å². The molecule has 4 heterocycles. The molecule has 0 unspecified atom stereocenters. The molecule has 4 aliphatic rings. The van der Waals surface area contributed by atoms with Crippen molar-refractivity contribution >= 4 is 41.3 Å². The van der Waals surface area contributed by atoms with Crippen LogP contribution >= 0.6 is 11.6 Å². The molecule has 2 aromatic rings. The number of phenols is 1. The van der Waals surface area contributed by atoms with E-state index in [1.54, 1.807) is 9.80 Å². The van der Waals surface area contributed by atoms with Crippen molar-refractivity contribution in [1.82, 2.24) is 24.5 Å². The summed E-state index contributed by atoms with van der Waals surface area (Å²) in [6.07, 6.45) is -4.54. The lowest BCUT2D eigenvalue weighted by Crippen LogP contribution is -2.55. The van der Waals surface area contributed by atoms with Gasteiger partial charge in [-0.3, -0.25) is 14.5 Å². The number of likely N-dealkylation sites (tertiary alicyclic amines) is 2. The normalized spacial score (nSPS) is 20.2. The summed E-state index contributed by atoms with van der Waals surface area (Å²) < 4.78 is 47.1. The van der Waals surface area contributed by atoms with Crippen molar-refractivity contribution in [2.24, 2.45) is 0 Å². The van der Waals surface area contributed by atoms with Crippen LogP contribution in [0.4, 0.5) is 28.4 Å². The van der Waals surface area contributed by atoms with Crippen molar-refractivity contribution in [3.63, 3.8) is 0 Å². The highest BCUT2D eigenvalue weighted by Crippen LogP contribution is 2.40. The van der Waals surface area contributed by atoms with Gasteiger partial charge in [-0.2, -0.15) is 13.2 Å². The highest BCUT2D eigenvalue weighted by Gasteiger charge is 2.39. The molecule has 3 fully saturated rings. The number of nitrogens with zero attached hydrogens (tertiary/aromatic N) is 5. The smallest absolute Gasteiger partial charge is 0.420 e. The van der Waals surface area contributed by atoms with E-state index >= 15 is 0 Å². The number of benzene rings is 2. The molecule has 0 radical (unpaired) electrons. The summed E-state index contributed by atoms with van der Waals surface area (Å²) in [4.78, 5) is 60.9. The van der Waals surface area contributed by atoms with Crippen molar-refractivity contribution in [3.8, 4) is 5.75 Å². The number of rotatable bonds is 9. The van der Waals surface area contributed by atoms with Crippen molar-refractivity contribution in [2.75, 3.05) is 70.8 Å². The lowest BCUT2D eigenvalue weighted by molar-refractivity contribution is -0.143.